The highest BCUT2D eigenvalue weighted by Gasteiger charge is 2.13. The molecular weight excluding hydrogens is 502 g/mol. The Hall–Kier alpha value is -5.32. The monoisotopic (exact) mass is 527 g/mol. The van der Waals surface area contributed by atoms with Crippen molar-refractivity contribution in [3.63, 3.8) is 0 Å². The molecule has 5 rings (SSSR count). The molecule has 3 aromatic carbocycles. The van der Waals surface area contributed by atoms with Crippen molar-refractivity contribution in [1.29, 1.82) is 0 Å². The Kier molecular flexibility index (Phi) is 6.87. The number of benzene rings is 3. The molecule has 2 heterocycles. The molecule has 11 heteroatoms. The number of nitrogens with one attached hydrogen (secondary N) is 3. The first kappa shape index (κ1) is 25.3. The molecule has 0 bridgehead atoms. The van der Waals surface area contributed by atoms with Crippen LogP contribution in [0.25, 0.3) is 27.5 Å². The fourth-order valence-electron chi connectivity index (χ4n) is 4.40. The highest BCUT2D eigenvalue weighted by molar-refractivity contribution is 6.05. The first-order valence-corrected chi connectivity index (χ1v) is 12.1. The van der Waals surface area contributed by atoms with Crippen molar-refractivity contribution in [2.75, 3.05) is 12.4 Å². The summed E-state index contributed by atoms with van der Waals surface area (Å²) in [5.74, 6) is -0.372. The second kappa shape index (κ2) is 10.6. The molecular formula is C28H25N5O6. The number of anilines is 1. The number of hydrogen-bond donors (Lipinski definition) is 4. The predicted octanol–water partition coefficient (Wildman–Crippen LogP) is 3.44. The summed E-state index contributed by atoms with van der Waals surface area (Å²) in [4.78, 5) is 50.9. The number of carboxylic acid groups (broad SMARTS) is 1. The van der Waals surface area contributed by atoms with E-state index in [4.69, 9.17) is 9.84 Å². The van der Waals surface area contributed by atoms with Crippen LogP contribution in [0.5, 0.6) is 5.75 Å². The Morgan fingerprint density at radius 3 is 2.54 bits per heavy atom. The van der Waals surface area contributed by atoms with Crippen molar-refractivity contribution in [3.05, 3.63) is 99.3 Å². The van der Waals surface area contributed by atoms with E-state index in [2.05, 4.69) is 15.6 Å². The highest BCUT2D eigenvalue weighted by atomic mass is 16.5. The molecule has 4 N–H and O–H groups in total. The molecule has 2 aromatic heterocycles. The third-order valence-electron chi connectivity index (χ3n) is 6.34. The van der Waals surface area contributed by atoms with Gasteiger partial charge in [-0.15, -0.1) is 0 Å². The van der Waals surface area contributed by atoms with E-state index in [1.807, 2.05) is 47.3 Å². The molecule has 0 aliphatic rings. The van der Waals surface area contributed by atoms with E-state index in [0.29, 0.717) is 34.4 Å². The molecule has 0 saturated heterocycles. The average Bonchev–Trinajstić information content (AvgIpc) is 3.41. The van der Waals surface area contributed by atoms with Crippen molar-refractivity contribution in [2.24, 2.45) is 0 Å². The molecule has 2 amide bonds. The van der Waals surface area contributed by atoms with Crippen molar-refractivity contribution >= 4 is 39.5 Å². The number of ether oxygens (including phenoxy) is 1. The highest BCUT2D eigenvalue weighted by Crippen LogP contribution is 2.26. The summed E-state index contributed by atoms with van der Waals surface area (Å²) in [6.07, 6.45) is 3.43. The number of amides is 2. The first-order valence-electron chi connectivity index (χ1n) is 12.1. The number of hydrogen-bond acceptors (Lipinski definition) is 5. The molecule has 0 unspecified atom stereocenters. The molecule has 0 radical (unpaired) electrons. The van der Waals surface area contributed by atoms with E-state index in [9.17, 15) is 19.2 Å². The molecule has 0 saturated carbocycles. The normalized spacial score (nSPS) is 11.0. The maximum Gasteiger partial charge on any atom is 0.319 e. The van der Waals surface area contributed by atoms with Crippen LogP contribution in [0.3, 0.4) is 0 Å². The van der Waals surface area contributed by atoms with Crippen LogP contribution >= 0.6 is 0 Å². The SMILES string of the molecule is COc1ccc(NC(=O)NCc2ccn(-c3ccc4ccc5[nH]c(=O)c(=O)n(CCC(=O)O)c5c4c3)c2)cc1. The van der Waals surface area contributed by atoms with E-state index < -0.39 is 17.1 Å². The standard InChI is InChI=1S/C28H25N5O6/c1-39-21-7-4-19(5-8-21)30-28(38)29-15-17-10-12-32(16-17)20-6-2-18-3-9-23-25(22(18)14-20)33(13-11-24(34)35)27(37)26(36)31-23/h2-10,12,14,16H,11,13,15H2,1H3,(H,31,36)(H,34,35)(H2,29,30,38). The molecule has 198 valence electrons. The number of rotatable bonds is 8. The van der Waals surface area contributed by atoms with Gasteiger partial charge in [-0.1, -0.05) is 12.1 Å². The lowest BCUT2D eigenvalue weighted by atomic mass is 10.1. The number of aromatic amines is 1. The number of nitrogens with zero attached hydrogens (tertiary/aromatic N) is 2. The fraction of sp³-hybridized carbons (Fsp3) is 0.143. The van der Waals surface area contributed by atoms with Crippen LogP contribution in [0.2, 0.25) is 0 Å². The Labute approximate surface area is 221 Å². The van der Waals surface area contributed by atoms with E-state index in [1.54, 1.807) is 37.4 Å². The van der Waals surface area contributed by atoms with Gasteiger partial charge in [-0.3, -0.25) is 14.4 Å². The van der Waals surface area contributed by atoms with Crippen LogP contribution in [-0.2, 0) is 17.9 Å². The van der Waals surface area contributed by atoms with Crippen LogP contribution in [-0.4, -0.2) is 38.3 Å². The molecule has 5 aromatic rings. The van der Waals surface area contributed by atoms with Crippen LogP contribution in [0.1, 0.15) is 12.0 Å². The van der Waals surface area contributed by atoms with Crippen molar-refractivity contribution in [3.8, 4) is 11.4 Å². The minimum Gasteiger partial charge on any atom is -0.497 e. The number of aromatic nitrogens is 3. The Morgan fingerprint density at radius 1 is 1.03 bits per heavy atom. The zero-order chi connectivity index (χ0) is 27.5. The first-order chi connectivity index (χ1) is 18.8. The second-order valence-electron chi connectivity index (χ2n) is 8.89. The van der Waals surface area contributed by atoms with Gasteiger partial charge < -0.3 is 34.6 Å². The fourth-order valence-corrected chi connectivity index (χ4v) is 4.40. The molecule has 0 spiro atoms. The molecule has 11 nitrogen and oxygen atoms in total. The maximum absolute atomic E-state index is 12.6. The van der Waals surface area contributed by atoms with Gasteiger partial charge in [0.1, 0.15) is 5.75 Å². The lowest BCUT2D eigenvalue weighted by Gasteiger charge is -2.13. The Balaban J connectivity index is 1.40. The Bertz CT molecular complexity index is 1820. The average molecular weight is 528 g/mol. The zero-order valence-corrected chi connectivity index (χ0v) is 20.9. The van der Waals surface area contributed by atoms with Gasteiger partial charge in [0.2, 0.25) is 0 Å². The molecule has 0 aliphatic carbocycles. The smallest absolute Gasteiger partial charge is 0.319 e. The minimum atomic E-state index is -1.07. The zero-order valence-electron chi connectivity index (χ0n) is 20.9. The molecule has 0 fully saturated rings. The van der Waals surface area contributed by atoms with Crippen LogP contribution in [0, 0.1) is 0 Å². The summed E-state index contributed by atoms with van der Waals surface area (Å²) >= 11 is 0. The van der Waals surface area contributed by atoms with Gasteiger partial charge in [0.15, 0.2) is 0 Å². The quantitative estimate of drug-likeness (QED) is 0.180. The maximum atomic E-state index is 12.6. The number of fused-ring (bicyclic) bond motifs is 3. The summed E-state index contributed by atoms with van der Waals surface area (Å²) in [7, 11) is 1.57. The topological polar surface area (TPSA) is 147 Å². The number of carbonyl (C=O) groups is 2. The molecule has 0 aliphatic heterocycles. The van der Waals surface area contributed by atoms with Gasteiger partial charge >= 0.3 is 23.1 Å². The molecule has 0 atom stereocenters. The van der Waals surface area contributed by atoms with Gasteiger partial charge in [-0.05, 0) is 59.5 Å². The summed E-state index contributed by atoms with van der Waals surface area (Å²) in [5.41, 5.74) is 1.58. The summed E-state index contributed by atoms with van der Waals surface area (Å²) in [6, 6.07) is 17.7. The Morgan fingerprint density at radius 2 is 1.79 bits per heavy atom. The number of H-pyrrole nitrogens is 1. The molecule has 39 heavy (non-hydrogen) atoms. The number of aliphatic carboxylic acids is 1. The third kappa shape index (κ3) is 5.37. The third-order valence-corrected chi connectivity index (χ3v) is 6.34. The van der Waals surface area contributed by atoms with Crippen molar-refractivity contribution in [2.45, 2.75) is 19.5 Å². The van der Waals surface area contributed by atoms with E-state index in [1.165, 1.54) is 4.57 Å². The van der Waals surface area contributed by atoms with Crippen molar-refractivity contribution < 1.29 is 19.4 Å². The minimum absolute atomic E-state index is 0.129. The number of carboxylic acids is 1. The van der Waals surface area contributed by atoms with Crippen LogP contribution in [0.15, 0.2) is 82.6 Å². The van der Waals surface area contributed by atoms with E-state index in [-0.39, 0.29) is 19.0 Å². The summed E-state index contributed by atoms with van der Waals surface area (Å²) < 4.78 is 8.22. The van der Waals surface area contributed by atoms with Gasteiger partial charge in [-0.25, -0.2) is 4.79 Å². The number of aryl methyl sites for hydroxylation is 1. The van der Waals surface area contributed by atoms with Gasteiger partial charge in [-0.2, -0.15) is 0 Å². The predicted molar refractivity (Wildman–Crippen MR) is 147 cm³/mol. The number of carbonyl (C=O) groups excluding carboxylic acids is 1. The largest absolute Gasteiger partial charge is 0.497 e. The number of urea groups is 1. The second-order valence-corrected chi connectivity index (χ2v) is 8.89. The van der Waals surface area contributed by atoms with E-state index in [0.717, 1.165) is 16.6 Å². The lowest BCUT2D eigenvalue weighted by Crippen LogP contribution is -2.36. The van der Waals surface area contributed by atoms with Crippen LogP contribution in [0.4, 0.5) is 10.5 Å². The van der Waals surface area contributed by atoms with Gasteiger partial charge in [0, 0.05) is 42.2 Å². The van der Waals surface area contributed by atoms with E-state index >= 15 is 0 Å². The number of methoxy groups -OCH3 is 1. The van der Waals surface area contributed by atoms with Crippen molar-refractivity contribution in [1.82, 2.24) is 19.4 Å². The lowest BCUT2D eigenvalue weighted by molar-refractivity contribution is -0.137. The summed E-state index contributed by atoms with van der Waals surface area (Å²) in [6.45, 7) is 0.164. The van der Waals surface area contributed by atoms with Gasteiger partial charge in [0.05, 0.1) is 24.6 Å². The van der Waals surface area contributed by atoms with Gasteiger partial charge in [0.25, 0.3) is 0 Å². The summed E-state index contributed by atoms with van der Waals surface area (Å²) in [5, 5.41) is 16.3. The van der Waals surface area contributed by atoms with Crippen LogP contribution < -0.4 is 26.5 Å².